The zero-order valence-electron chi connectivity index (χ0n) is 10.6. The van der Waals surface area contributed by atoms with Crippen LogP contribution in [0.25, 0.3) is 0 Å². The van der Waals surface area contributed by atoms with Crippen molar-refractivity contribution in [1.29, 1.82) is 0 Å². The largest absolute Gasteiger partial charge is 0.263 e. The minimum Gasteiger partial charge on any atom is -0.263 e. The van der Waals surface area contributed by atoms with E-state index in [4.69, 9.17) is 0 Å². The van der Waals surface area contributed by atoms with E-state index < -0.39 is 0 Å². The van der Waals surface area contributed by atoms with Crippen LogP contribution in [0, 0.1) is 5.41 Å². The number of hydrogen-bond donors (Lipinski definition) is 0. The standard InChI is InChI=1S/C13H25N/c1-7-11(3)14-12(8-2)9-10-13(4,5)6/h7H,8-10H2,1-6H3/b11-7-,14-12+. The second-order valence-electron chi connectivity index (χ2n) is 5.02. The van der Waals surface area contributed by atoms with E-state index in [1.165, 1.54) is 12.1 Å². The molecule has 0 spiro atoms. The van der Waals surface area contributed by atoms with Gasteiger partial charge in [0, 0.05) is 11.4 Å². The molecule has 0 aromatic heterocycles. The molecule has 1 nitrogen and oxygen atoms in total. The second-order valence-corrected chi connectivity index (χ2v) is 5.02. The van der Waals surface area contributed by atoms with Crippen molar-refractivity contribution < 1.29 is 0 Å². The highest BCUT2D eigenvalue weighted by Gasteiger charge is 2.10. The molecule has 0 fully saturated rings. The van der Waals surface area contributed by atoms with Gasteiger partial charge in [-0.05, 0) is 38.5 Å². The van der Waals surface area contributed by atoms with Crippen LogP contribution in [-0.4, -0.2) is 5.71 Å². The predicted molar refractivity (Wildman–Crippen MR) is 65.8 cm³/mol. The Balaban J connectivity index is 4.24. The Hall–Kier alpha value is -0.590. The van der Waals surface area contributed by atoms with Crippen LogP contribution in [0.15, 0.2) is 16.8 Å². The zero-order chi connectivity index (χ0) is 11.2. The normalized spacial score (nSPS) is 14.7. The minimum atomic E-state index is 0.416. The van der Waals surface area contributed by atoms with Crippen LogP contribution in [0.3, 0.4) is 0 Å². The lowest BCUT2D eigenvalue weighted by Gasteiger charge is -2.18. The molecule has 0 aromatic carbocycles. The van der Waals surface area contributed by atoms with Gasteiger partial charge in [0.1, 0.15) is 0 Å². The van der Waals surface area contributed by atoms with Crippen LogP contribution in [0.1, 0.15) is 60.8 Å². The first-order valence-electron chi connectivity index (χ1n) is 5.58. The van der Waals surface area contributed by atoms with Gasteiger partial charge in [0.25, 0.3) is 0 Å². The molecule has 0 amide bonds. The van der Waals surface area contributed by atoms with Crippen molar-refractivity contribution in [3.8, 4) is 0 Å². The number of rotatable bonds is 4. The molecule has 0 aliphatic heterocycles. The summed E-state index contributed by atoms with van der Waals surface area (Å²) in [6.07, 6.45) is 5.48. The van der Waals surface area contributed by atoms with E-state index in [9.17, 15) is 0 Å². The Bertz CT molecular complexity index is 216. The monoisotopic (exact) mass is 195 g/mol. The third-order valence-corrected chi connectivity index (χ3v) is 2.32. The molecule has 0 bridgehead atoms. The van der Waals surface area contributed by atoms with Crippen LogP contribution in [-0.2, 0) is 0 Å². The zero-order valence-corrected chi connectivity index (χ0v) is 10.6. The molecule has 82 valence electrons. The summed E-state index contributed by atoms with van der Waals surface area (Å²) in [5.41, 5.74) is 2.88. The van der Waals surface area contributed by atoms with E-state index >= 15 is 0 Å². The molecule has 0 radical (unpaired) electrons. The molecule has 0 unspecified atom stereocenters. The fraction of sp³-hybridized carbons (Fsp3) is 0.769. The van der Waals surface area contributed by atoms with Crippen molar-refractivity contribution in [2.24, 2.45) is 10.4 Å². The highest BCUT2D eigenvalue weighted by atomic mass is 14.7. The number of aliphatic imine (C=N–C) groups is 1. The summed E-state index contributed by atoms with van der Waals surface area (Å²) in [6, 6.07) is 0. The van der Waals surface area contributed by atoms with Gasteiger partial charge in [0.05, 0.1) is 0 Å². The van der Waals surface area contributed by atoms with Gasteiger partial charge in [-0.3, -0.25) is 4.99 Å². The molecule has 0 N–H and O–H groups in total. The van der Waals surface area contributed by atoms with E-state index in [0.717, 1.165) is 18.5 Å². The predicted octanol–water partition coefficient (Wildman–Crippen LogP) is 4.59. The lowest BCUT2D eigenvalue weighted by atomic mass is 9.89. The average molecular weight is 195 g/mol. The van der Waals surface area contributed by atoms with Gasteiger partial charge >= 0.3 is 0 Å². The van der Waals surface area contributed by atoms with Crippen molar-refractivity contribution in [2.75, 3.05) is 0 Å². The summed E-state index contributed by atoms with van der Waals surface area (Å²) in [5.74, 6) is 0. The van der Waals surface area contributed by atoms with Gasteiger partial charge in [0.15, 0.2) is 0 Å². The lowest BCUT2D eigenvalue weighted by Crippen LogP contribution is -2.08. The summed E-state index contributed by atoms with van der Waals surface area (Å²) >= 11 is 0. The first kappa shape index (κ1) is 13.4. The van der Waals surface area contributed by atoms with Crippen LogP contribution in [0.4, 0.5) is 0 Å². The Labute approximate surface area is 89.3 Å². The Kier molecular flexibility index (Phi) is 5.75. The van der Waals surface area contributed by atoms with E-state index in [2.05, 4.69) is 45.7 Å². The van der Waals surface area contributed by atoms with Crippen LogP contribution >= 0.6 is 0 Å². The summed E-state index contributed by atoms with van der Waals surface area (Å²) < 4.78 is 0. The first-order valence-corrected chi connectivity index (χ1v) is 5.58. The summed E-state index contributed by atoms with van der Waals surface area (Å²) in [4.78, 5) is 4.59. The average Bonchev–Trinajstić information content (AvgIpc) is 2.10. The van der Waals surface area contributed by atoms with Gasteiger partial charge < -0.3 is 0 Å². The van der Waals surface area contributed by atoms with Crippen molar-refractivity contribution in [1.82, 2.24) is 0 Å². The van der Waals surface area contributed by atoms with Gasteiger partial charge in [-0.1, -0.05) is 33.8 Å². The lowest BCUT2D eigenvalue weighted by molar-refractivity contribution is 0.385. The molecule has 0 rings (SSSR count). The Morgan fingerprint density at radius 3 is 2.21 bits per heavy atom. The number of nitrogens with zero attached hydrogens (tertiary/aromatic N) is 1. The fourth-order valence-electron chi connectivity index (χ4n) is 1.14. The third kappa shape index (κ3) is 6.88. The summed E-state index contributed by atoms with van der Waals surface area (Å²) in [7, 11) is 0. The van der Waals surface area contributed by atoms with Gasteiger partial charge in [0.2, 0.25) is 0 Å². The fourth-order valence-corrected chi connectivity index (χ4v) is 1.14. The quantitative estimate of drug-likeness (QED) is 0.582. The van der Waals surface area contributed by atoms with Crippen molar-refractivity contribution in [3.63, 3.8) is 0 Å². The molecule has 0 saturated heterocycles. The molecule has 1 heteroatoms. The first-order chi connectivity index (χ1) is 6.39. The molecule has 0 saturated carbocycles. The highest BCUT2D eigenvalue weighted by Crippen LogP contribution is 2.21. The molecular weight excluding hydrogens is 170 g/mol. The second kappa shape index (κ2) is 6.00. The maximum Gasteiger partial charge on any atom is 0.0329 e. The van der Waals surface area contributed by atoms with Crippen molar-refractivity contribution in [3.05, 3.63) is 11.8 Å². The van der Waals surface area contributed by atoms with E-state index in [1.807, 2.05) is 6.92 Å². The number of hydrogen-bond acceptors (Lipinski definition) is 1. The summed E-state index contributed by atoms with van der Waals surface area (Å²) in [6.45, 7) is 13.1. The van der Waals surface area contributed by atoms with Crippen molar-refractivity contribution >= 4 is 5.71 Å². The van der Waals surface area contributed by atoms with Gasteiger partial charge in [-0.2, -0.15) is 0 Å². The van der Waals surface area contributed by atoms with Gasteiger partial charge in [-0.25, -0.2) is 0 Å². The van der Waals surface area contributed by atoms with Crippen LogP contribution < -0.4 is 0 Å². The van der Waals surface area contributed by atoms with E-state index in [1.54, 1.807) is 0 Å². The highest BCUT2D eigenvalue weighted by molar-refractivity contribution is 5.85. The summed E-state index contributed by atoms with van der Waals surface area (Å²) in [5, 5.41) is 0. The topological polar surface area (TPSA) is 12.4 Å². The molecule has 0 heterocycles. The SMILES string of the molecule is C/C=C(C)\N=C(/CC)CCC(C)(C)C. The maximum absolute atomic E-state index is 4.59. The van der Waals surface area contributed by atoms with Crippen molar-refractivity contribution in [2.45, 2.75) is 60.8 Å². The van der Waals surface area contributed by atoms with Crippen LogP contribution in [0.2, 0.25) is 0 Å². The smallest absolute Gasteiger partial charge is 0.0329 e. The molecule has 0 aliphatic carbocycles. The van der Waals surface area contributed by atoms with Gasteiger partial charge in [-0.15, -0.1) is 0 Å². The van der Waals surface area contributed by atoms with E-state index in [0.29, 0.717) is 5.41 Å². The third-order valence-electron chi connectivity index (χ3n) is 2.32. The van der Waals surface area contributed by atoms with E-state index in [-0.39, 0.29) is 0 Å². The molecule has 0 aliphatic rings. The molecule has 0 atom stereocenters. The maximum atomic E-state index is 4.59. The van der Waals surface area contributed by atoms with Crippen LogP contribution in [0.5, 0.6) is 0 Å². The molecule has 14 heavy (non-hydrogen) atoms. The molecular formula is C13H25N. The Morgan fingerprint density at radius 2 is 1.86 bits per heavy atom. The minimum absolute atomic E-state index is 0.416. The molecule has 0 aromatic rings. The number of allylic oxidation sites excluding steroid dienone is 2. The Morgan fingerprint density at radius 1 is 1.29 bits per heavy atom.